The van der Waals surface area contributed by atoms with Crippen molar-refractivity contribution in [3.8, 4) is 5.75 Å². The molecule has 0 heterocycles. The fourth-order valence-electron chi connectivity index (χ4n) is 1.30. The van der Waals surface area contributed by atoms with Gasteiger partial charge in [-0.25, -0.2) is 0 Å². The van der Waals surface area contributed by atoms with E-state index in [0.717, 1.165) is 17.9 Å². The second kappa shape index (κ2) is 9.52. The fourth-order valence-corrected chi connectivity index (χ4v) is 2.08. The topological polar surface area (TPSA) is 84.6 Å². The Kier molecular flexibility index (Phi) is 7.84. The highest BCUT2D eigenvalue weighted by molar-refractivity contribution is 7.99. The smallest absolute Gasteiger partial charge is 0.257 e. The standard InChI is InChI=1S/C13H20N2O3S/c14-11-2-4-12(5-3-11)18-10-13(17)15-6-9-19-8-1-7-16/h2-5,16H,1,6-10,14H2,(H,15,17). The molecule has 1 aromatic carbocycles. The first-order chi connectivity index (χ1) is 9.22. The summed E-state index contributed by atoms with van der Waals surface area (Å²) in [6.07, 6.45) is 0.791. The molecule has 0 aliphatic heterocycles. The molecule has 6 heteroatoms. The summed E-state index contributed by atoms with van der Waals surface area (Å²) < 4.78 is 5.31. The monoisotopic (exact) mass is 284 g/mol. The number of hydrogen-bond acceptors (Lipinski definition) is 5. The Labute approximate surface area is 117 Å². The maximum atomic E-state index is 11.5. The molecule has 0 spiro atoms. The van der Waals surface area contributed by atoms with Crippen LogP contribution in [0.25, 0.3) is 0 Å². The first-order valence-electron chi connectivity index (χ1n) is 6.16. The highest BCUT2D eigenvalue weighted by Crippen LogP contribution is 2.12. The van der Waals surface area contributed by atoms with E-state index in [2.05, 4.69) is 5.32 Å². The first-order valence-corrected chi connectivity index (χ1v) is 7.31. The summed E-state index contributed by atoms with van der Waals surface area (Å²) in [6.45, 7) is 0.833. The summed E-state index contributed by atoms with van der Waals surface area (Å²) in [5.41, 5.74) is 6.21. The van der Waals surface area contributed by atoms with E-state index in [1.165, 1.54) is 0 Å². The van der Waals surface area contributed by atoms with Crippen LogP contribution in [0.2, 0.25) is 0 Å². The molecule has 0 aliphatic rings. The van der Waals surface area contributed by atoms with E-state index < -0.39 is 0 Å². The number of benzene rings is 1. The number of anilines is 1. The van der Waals surface area contributed by atoms with Crippen molar-refractivity contribution >= 4 is 23.4 Å². The van der Waals surface area contributed by atoms with Gasteiger partial charge in [0, 0.05) is 24.6 Å². The first kappa shape index (κ1) is 15.7. The van der Waals surface area contributed by atoms with E-state index >= 15 is 0 Å². The zero-order valence-electron chi connectivity index (χ0n) is 10.8. The van der Waals surface area contributed by atoms with Gasteiger partial charge in [0.25, 0.3) is 5.91 Å². The van der Waals surface area contributed by atoms with Crippen LogP contribution in [0.3, 0.4) is 0 Å². The molecule has 0 saturated carbocycles. The molecule has 0 fully saturated rings. The normalized spacial score (nSPS) is 10.2. The highest BCUT2D eigenvalue weighted by Gasteiger charge is 2.01. The number of nitrogens with one attached hydrogen (secondary N) is 1. The van der Waals surface area contributed by atoms with Crippen LogP contribution < -0.4 is 15.8 Å². The van der Waals surface area contributed by atoms with Gasteiger partial charge in [0.15, 0.2) is 6.61 Å². The van der Waals surface area contributed by atoms with E-state index in [9.17, 15) is 4.79 Å². The summed E-state index contributed by atoms with van der Waals surface area (Å²) in [6, 6.07) is 6.91. The van der Waals surface area contributed by atoms with Crippen molar-refractivity contribution in [3.63, 3.8) is 0 Å². The minimum Gasteiger partial charge on any atom is -0.484 e. The summed E-state index contributed by atoms with van der Waals surface area (Å²) >= 11 is 1.71. The van der Waals surface area contributed by atoms with Crippen molar-refractivity contribution in [3.05, 3.63) is 24.3 Å². The van der Waals surface area contributed by atoms with Crippen LogP contribution >= 0.6 is 11.8 Å². The maximum Gasteiger partial charge on any atom is 0.257 e. The van der Waals surface area contributed by atoms with Crippen molar-refractivity contribution in [2.45, 2.75) is 6.42 Å². The number of nitrogens with two attached hydrogens (primary N) is 1. The molecule has 1 amide bonds. The zero-order chi connectivity index (χ0) is 13.9. The van der Waals surface area contributed by atoms with E-state index in [1.54, 1.807) is 36.0 Å². The predicted molar refractivity (Wildman–Crippen MR) is 78.4 cm³/mol. The van der Waals surface area contributed by atoms with Crippen LogP contribution in [-0.2, 0) is 4.79 Å². The van der Waals surface area contributed by atoms with Gasteiger partial charge < -0.3 is 20.9 Å². The number of rotatable bonds is 9. The SMILES string of the molecule is Nc1ccc(OCC(=O)NCCSCCCO)cc1. The summed E-state index contributed by atoms with van der Waals surface area (Å²) in [4.78, 5) is 11.5. The van der Waals surface area contributed by atoms with Crippen molar-refractivity contribution in [1.82, 2.24) is 5.32 Å². The number of nitrogen functional groups attached to an aromatic ring is 1. The number of aliphatic hydroxyl groups is 1. The van der Waals surface area contributed by atoms with Gasteiger partial charge in [-0.15, -0.1) is 0 Å². The third kappa shape index (κ3) is 7.58. The maximum absolute atomic E-state index is 11.5. The van der Waals surface area contributed by atoms with Crippen LogP contribution in [-0.4, -0.2) is 42.3 Å². The van der Waals surface area contributed by atoms with Gasteiger partial charge in [-0.3, -0.25) is 4.79 Å². The quantitative estimate of drug-likeness (QED) is 0.463. The minimum atomic E-state index is -0.139. The predicted octanol–water partition coefficient (Wildman–Crippen LogP) is 0.879. The lowest BCUT2D eigenvalue weighted by atomic mass is 10.3. The summed E-state index contributed by atoms with van der Waals surface area (Å²) in [7, 11) is 0. The molecule has 19 heavy (non-hydrogen) atoms. The molecule has 4 N–H and O–H groups in total. The molecule has 0 saturated heterocycles. The van der Waals surface area contributed by atoms with Crippen LogP contribution in [0, 0.1) is 0 Å². The van der Waals surface area contributed by atoms with Crippen molar-refractivity contribution in [2.75, 3.05) is 37.0 Å². The number of hydrogen-bond donors (Lipinski definition) is 3. The third-order valence-electron chi connectivity index (χ3n) is 2.27. The Hall–Kier alpha value is -1.40. The number of carbonyl (C=O) groups excluding carboxylic acids is 1. The van der Waals surface area contributed by atoms with Gasteiger partial charge in [0.05, 0.1) is 0 Å². The Morgan fingerprint density at radius 3 is 2.74 bits per heavy atom. The number of thioether (sulfide) groups is 1. The fraction of sp³-hybridized carbons (Fsp3) is 0.462. The van der Waals surface area contributed by atoms with Gasteiger partial charge in [0.1, 0.15) is 5.75 Å². The molecule has 5 nitrogen and oxygen atoms in total. The lowest BCUT2D eigenvalue weighted by Gasteiger charge is -2.07. The van der Waals surface area contributed by atoms with Crippen LogP contribution in [0.4, 0.5) is 5.69 Å². The van der Waals surface area contributed by atoms with Gasteiger partial charge in [0.2, 0.25) is 0 Å². The molecule has 0 aliphatic carbocycles. The minimum absolute atomic E-state index is 0.00518. The second-order valence-electron chi connectivity index (χ2n) is 3.90. The molecule has 0 unspecified atom stereocenters. The molecule has 1 rings (SSSR count). The van der Waals surface area contributed by atoms with Gasteiger partial charge in [-0.1, -0.05) is 0 Å². The Morgan fingerprint density at radius 2 is 2.05 bits per heavy atom. The van der Waals surface area contributed by atoms with E-state index in [-0.39, 0.29) is 19.1 Å². The van der Waals surface area contributed by atoms with E-state index in [1.807, 2.05) is 0 Å². The van der Waals surface area contributed by atoms with Crippen molar-refractivity contribution < 1.29 is 14.6 Å². The van der Waals surface area contributed by atoms with Gasteiger partial charge in [-0.2, -0.15) is 11.8 Å². The zero-order valence-corrected chi connectivity index (χ0v) is 11.6. The van der Waals surface area contributed by atoms with Crippen LogP contribution in [0.15, 0.2) is 24.3 Å². The summed E-state index contributed by atoms with van der Waals surface area (Å²) in [5.74, 6) is 2.24. The van der Waals surface area contributed by atoms with Gasteiger partial charge in [-0.05, 0) is 36.4 Å². The summed E-state index contributed by atoms with van der Waals surface area (Å²) in [5, 5.41) is 11.4. The average Bonchev–Trinajstić information content (AvgIpc) is 2.42. The number of aliphatic hydroxyl groups excluding tert-OH is 1. The molecule has 106 valence electrons. The van der Waals surface area contributed by atoms with Gasteiger partial charge >= 0.3 is 0 Å². The number of carbonyl (C=O) groups is 1. The molecular weight excluding hydrogens is 264 g/mol. The van der Waals surface area contributed by atoms with E-state index in [4.69, 9.17) is 15.6 Å². The second-order valence-corrected chi connectivity index (χ2v) is 5.12. The number of amides is 1. The van der Waals surface area contributed by atoms with Crippen LogP contribution in [0.1, 0.15) is 6.42 Å². The van der Waals surface area contributed by atoms with Crippen molar-refractivity contribution in [2.24, 2.45) is 0 Å². The molecular formula is C13H20N2O3S. The molecule has 1 aromatic rings. The molecule has 0 radical (unpaired) electrons. The molecule has 0 bridgehead atoms. The highest BCUT2D eigenvalue weighted by atomic mass is 32.2. The molecule has 0 aromatic heterocycles. The molecule has 0 atom stereocenters. The largest absolute Gasteiger partial charge is 0.484 e. The Bertz CT molecular complexity index is 371. The average molecular weight is 284 g/mol. The van der Waals surface area contributed by atoms with E-state index in [0.29, 0.717) is 18.0 Å². The Morgan fingerprint density at radius 1 is 1.32 bits per heavy atom. The number of ether oxygens (including phenoxy) is 1. The third-order valence-corrected chi connectivity index (χ3v) is 3.34. The Balaban J connectivity index is 2.06. The van der Waals surface area contributed by atoms with Crippen LogP contribution in [0.5, 0.6) is 5.75 Å². The lowest BCUT2D eigenvalue weighted by Crippen LogP contribution is -2.30. The van der Waals surface area contributed by atoms with Crippen molar-refractivity contribution in [1.29, 1.82) is 0 Å². The lowest BCUT2D eigenvalue weighted by molar-refractivity contribution is -0.122.